The number of nitrogens with one attached hydrogen (secondary N) is 1. The van der Waals surface area contributed by atoms with E-state index >= 15 is 0 Å². The van der Waals surface area contributed by atoms with Gasteiger partial charge in [-0.2, -0.15) is 5.10 Å². The van der Waals surface area contributed by atoms with E-state index in [0.29, 0.717) is 12.3 Å². The third kappa shape index (κ3) is 4.30. The van der Waals surface area contributed by atoms with Gasteiger partial charge in [-0.05, 0) is 49.4 Å². The lowest BCUT2D eigenvalue weighted by molar-refractivity contribution is -0.115. The number of carbonyl (C=O) groups is 1. The number of aryl methyl sites for hydroxylation is 1. The van der Waals surface area contributed by atoms with Crippen molar-refractivity contribution in [3.05, 3.63) is 34.4 Å². The second-order valence-corrected chi connectivity index (χ2v) is 7.36. The molecule has 5 nitrogen and oxygen atoms in total. The van der Waals surface area contributed by atoms with Gasteiger partial charge in [-0.1, -0.05) is 22.9 Å². The van der Waals surface area contributed by atoms with E-state index in [-0.39, 0.29) is 5.91 Å². The number of benzene rings is 1. The summed E-state index contributed by atoms with van der Waals surface area (Å²) in [7, 11) is 0. The van der Waals surface area contributed by atoms with E-state index in [1.54, 1.807) is 0 Å². The molecule has 1 amide bonds. The van der Waals surface area contributed by atoms with Gasteiger partial charge >= 0.3 is 0 Å². The molecule has 2 heterocycles. The molecule has 1 N–H and O–H groups in total. The number of anilines is 1. The maximum atomic E-state index is 11.9. The Labute approximate surface area is 156 Å². The fraction of sp³-hybridized carbons (Fsp3) is 0.474. The standard InChI is InChI=1S/C19H24BrN3O2/c1-3-19(24)22-17-10-13(2)16(20)11-15(17)18-4-7-21-23(18)12-14-5-8-25-9-6-14/h4,7,10-11,14H,3,5-6,8-9,12H2,1-2H3,(H,22,24). The maximum absolute atomic E-state index is 11.9. The van der Waals surface area contributed by atoms with Gasteiger partial charge in [-0.3, -0.25) is 9.48 Å². The number of ether oxygens (including phenoxy) is 1. The molecule has 1 aliphatic rings. The number of rotatable bonds is 5. The lowest BCUT2D eigenvalue weighted by Crippen LogP contribution is -2.21. The molecule has 0 radical (unpaired) electrons. The molecule has 0 atom stereocenters. The van der Waals surface area contributed by atoms with Crippen LogP contribution >= 0.6 is 15.9 Å². The predicted octanol–water partition coefficient (Wildman–Crippen LogP) is 4.40. The highest BCUT2D eigenvalue weighted by Gasteiger charge is 2.19. The molecule has 1 fully saturated rings. The van der Waals surface area contributed by atoms with Gasteiger partial charge in [0, 0.05) is 42.4 Å². The summed E-state index contributed by atoms with van der Waals surface area (Å²) in [6.45, 7) is 6.41. The van der Waals surface area contributed by atoms with Crippen LogP contribution in [0.5, 0.6) is 0 Å². The number of nitrogens with zero attached hydrogens (tertiary/aromatic N) is 2. The van der Waals surface area contributed by atoms with E-state index in [4.69, 9.17) is 4.74 Å². The molecule has 134 valence electrons. The highest BCUT2D eigenvalue weighted by Crippen LogP contribution is 2.34. The molecule has 2 aromatic rings. The largest absolute Gasteiger partial charge is 0.381 e. The molecule has 6 heteroatoms. The third-order valence-electron chi connectivity index (χ3n) is 4.66. The second-order valence-electron chi connectivity index (χ2n) is 6.50. The van der Waals surface area contributed by atoms with Gasteiger partial charge in [0.2, 0.25) is 5.91 Å². The summed E-state index contributed by atoms with van der Waals surface area (Å²) < 4.78 is 8.53. The molecule has 25 heavy (non-hydrogen) atoms. The zero-order valence-electron chi connectivity index (χ0n) is 14.7. The SMILES string of the molecule is CCC(=O)Nc1cc(C)c(Br)cc1-c1ccnn1CC1CCOCC1. The minimum Gasteiger partial charge on any atom is -0.381 e. The van der Waals surface area contributed by atoms with Crippen LogP contribution in [0.15, 0.2) is 28.9 Å². The van der Waals surface area contributed by atoms with E-state index < -0.39 is 0 Å². The fourth-order valence-electron chi connectivity index (χ4n) is 3.12. The van der Waals surface area contributed by atoms with Crippen LogP contribution in [-0.2, 0) is 16.1 Å². The number of carbonyl (C=O) groups excluding carboxylic acids is 1. The minimum atomic E-state index is 0.0125. The van der Waals surface area contributed by atoms with Gasteiger partial charge in [-0.25, -0.2) is 0 Å². The Balaban J connectivity index is 1.94. The molecule has 3 rings (SSSR count). The van der Waals surface area contributed by atoms with Crippen molar-refractivity contribution in [1.82, 2.24) is 9.78 Å². The van der Waals surface area contributed by atoms with E-state index in [2.05, 4.69) is 37.1 Å². The second kappa shape index (κ2) is 8.15. The number of halogens is 1. The fourth-order valence-corrected chi connectivity index (χ4v) is 3.46. The Bertz CT molecular complexity index is 751. The van der Waals surface area contributed by atoms with Crippen molar-refractivity contribution in [2.75, 3.05) is 18.5 Å². The van der Waals surface area contributed by atoms with Gasteiger partial charge < -0.3 is 10.1 Å². The Morgan fingerprint density at radius 3 is 2.88 bits per heavy atom. The van der Waals surface area contributed by atoms with Crippen LogP contribution in [0.1, 0.15) is 31.7 Å². The predicted molar refractivity (Wildman–Crippen MR) is 103 cm³/mol. The van der Waals surface area contributed by atoms with Crippen molar-refractivity contribution >= 4 is 27.5 Å². The first-order valence-electron chi connectivity index (χ1n) is 8.78. The van der Waals surface area contributed by atoms with Gasteiger partial charge in [0.15, 0.2) is 0 Å². The molecular weight excluding hydrogens is 382 g/mol. The summed E-state index contributed by atoms with van der Waals surface area (Å²) >= 11 is 3.61. The molecular formula is C19H24BrN3O2. The van der Waals surface area contributed by atoms with Crippen molar-refractivity contribution in [1.29, 1.82) is 0 Å². The zero-order chi connectivity index (χ0) is 17.8. The summed E-state index contributed by atoms with van der Waals surface area (Å²) in [5, 5.41) is 7.55. The van der Waals surface area contributed by atoms with Crippen LogP contribution in [0, 0.1) is 12.8 Å². The Hall–Kier alpha value is -1.66. The summed E-state index contributed by atoms with van der Waals surface area (Å²) in [5.74, 6) is 0.591. The number of amides is 1. The summed E-state index contributed by atoms with van der Waals surface area (Å²) in [5.41, 5.74) is 3.94. The zero-order valence-corrected chi connectivity index (χ0v) is 16.3. The molecule has 0 aliphatic carbocycles. The van der Waals surface area contributed by atoms with Crippen molar-refractivity contribution in [3.8, 4) is 11.3 Å². The molecule has 1 aliphatic heterocycles. The van der Waals surface area contributed by atoms with E-state index in [9.17, 15) is 4.79 Å². The highest BCUT2D eigenvalue weighted by molar-refractivity contribution is 9.10. The summed E-state index contributed by atoms with van der Waals surface area (Å²) in [6.07, 6.45) is 4.41. The van der Waals surface area contributed by atoms with E-state index in [0.717, 1.165) is 59.6 Å². The Morgan fingerprint density at radius 1 is 1.40 bits per heavy atom. The minimum absolute atomic E-state index is 0.0125. The first-order valence-corrected chi connectivity index (χ1v) is 9.57. The van der Waals surface area contributed by atoms with Crippen LogP contribution in [-0.4, -0.2) is 28.9 Å². The van der Waals surface area contributed by atoms with Crippen molar-refractivity contribution < 1.29 is 9.53 Å². The van der Waals surface area contributed by atoms with Crippen LogP contribution < -0.4 is 5.32 Å². The van der Waals surface area contributed by atoms with Gasteiger partial charge in [0.05, 0.1) is 11.4 Å². The first-order chi connectivity index (χ1) is 12.1. The number of hydrogen-bond donors (Lipinski definition) is 1. The molecule has 0 saturated carbocycles. The normalized spacial score (nSPS) is 15.3. The van der Waals surface area contributed by atoms with Gasteiger partial charge in [-0.15, -0.1) is 0 Å². The number of aromatic nitrogens is 2. The average molecular weight is 406 g/mol. The molecule has 1 aromatic carbocycles. The lowest BCUT2D eigenvalue weighted by atomic mass is 10.00. The van der Waals surface area contributed by atoms with Crippen LogP contribution in [0.4, 0.5) is 5.69 Å². The third-order valence-corrected chi connectivity index (χ3v) is 5.51. The highest BCUT2D eigenvalue weighted by atomic mass is 79.9. The number of hydrogen-bond acceptors (Lipinski definition) is 3. The Morgan fingerprint density at radius 2 is 2.16 bits per heavy atom. The van der Waals surface area contributed by atoms with Crippen molar-refractivity contribution in [2.24, 2.45) is 5.92 Å². The lowest BCUT2D eigenvalue weighted by Gasteiger charge is -2.23. The van der Waals surface area contributed by atoms with E-state index in [1.807, 2.05) is 32.2 Å². The van der Waals surface area contributed by atoms with Crippen molar-refractivity contribution in [3.63, 3.8) is 0 Å². The van der Waals surface area contributed by atoms with Crippen LogP contribution in [0.3, 0.4) is 0 Å². The van der Waals surface area contributed by atoms with Crippen LogP contribution in [0.2, 0.25) is 0 Å². The topological polar surface area (TPSA) is 56.2 Å². The Kier molecular flexibility index (Phi) is 5.91. The van der Waals surface area contributed by atoms with E-state index in [1.165, 1.54) is 0 Å². The monoisotopic (exact) mass is 405 g/mol. The summed E-state index contributed by atoms with van der Waals surface area (Å²) in [4.78, 5) is 11.9. The molecule has 1 saturated heterocycles. The molecule has 0 unspecified atom stereocenters. The summed E-state index contributed by atoms with van der Waals surface area (Å²) in [6, 6.07) is 6.09. The first kappa shape index (κ1) is 18.1. The average Bonchev–Trinajstić information content (AvgIpc) is 3.06. The molecule has 0 spiro atoms. The quantitative estimate of drug-likeness (QED) is 0.801. The van der Waals surface area contributed by atoms with Crippen molar-refractivity contribution in [2.45, 2.75) is 39.7 Å². The molecule has 0 bridgehead atoms. The van der Waals surface area contributed by atoms with Gasteiger partial charge in [0.25, 0.3) is 0 Å². The molecule has 1 aromatic heterocycles. The van der Waals surface area contributed by atoms with Gasteiger partial charge in [0.1, 0.15) is 0 Å². The smallest absolute Gasteiger partial charge is 0.224 e. The maximum Gasteiger partial charge on any atom is 0.224 e. The van der Waals surface area contributed by atoms with Crippen LogP contribution in [0.25, 0.3) is 11.3 Å².